The Bertz CT molecular complexity index is 1300. The summed E-state index contributed by atoms with van der Waals surface area (Å²) >= 11 is 0. The van der Waals surface area contributed by atoms with E-state index in [9.17, 15) is 4.79 Å². The van der Waals surface area contributed by atoms with Crippen LogP contribution < -0.4 is 14.4 Å². The molecule has 0 fully saturated rings. The Labute approximate surface area is 194 Å². The average Bonchev–Trinajstić information content (AvgIpc) is 2.87. The van der Waals surface area contributed by atoms with Gasteiger partial charge in [-0.3, -0.25) is 4.79 Å². The van der Waals surface area contributed by atoms with Crippen LogP contribution in [-0.2, 0) is 11.4 Å². The minimum absolute atomic E-state index is 0.0431. The Kier molecular flexibility index (Phi) is 5.74. The van der Waals surface area contributed by atoms with Gasteiger partial charge >= 0.3 is 0 Å². The molecule has 4 heteroatoms. The van der Waals surface area contributed by atoms with Crippen LogP contribution in [0.1, 0.15) is 36.0 Å². The Morgan fingerprint density at radius 2 is 1.70 bits per heavy atom. The van der Waals surface area contributed by atoms with Crippen molar-refractivity contribution in [2.75, 3.05) is 18.6 Å². The molecule has 0 bridgehead atoms. The number of benzene rings is 4. The van der Waals surface area contributed by atoms with Crippen molar-refractivity contribution in [3.8, 4) is 11.5 Å². The molecule has 1 amide bonds. The van der Waals surface area contributed by atoms with Crippen molar-refractivity contribution >= 4 is 22.4 Å². The molecule has 1 heterocycles. The van der Waals surface area contributed by atoms with E-state index in [0.29, 0.717) is 31.1 Å². The van der Waals surface area contributed by atoms with E-state index in [2.05, 4.69) is 42.5 Å². The van der Waals surface area contributed by atoms with Crippen LogP contribution >= 0.6 is 0 Å². The zero-order valence-corrected chi connectivity index (χ0v) is 19.0. The van der Waals surface area contributed by atoms with Crippen LogP contribution in [0, 0.1) is 0 Å². The third kappa shape index (κ3) is 3.93. The number of carbonyl (C=O) groups excluding carboxylic acids is 1. The van der Waals surface area contributed by atoms with Gasteiger partial charge in [-0.2, -0.15) is 0 Å². The van der Waals surface area contributed by atoms with Crippen LogP contribution in [0.4, 0.5) is 5.69 Å². The van der Waals surface area contributed by atoms with Crippen molar-refractivity contribution in [3.05, 3.63) is 102 Å². The van der Waals surface area contributed by atoms with Crippen LogP contribution in [0.5, 0.6) is 11.5 Å². The van der Waals surface area contributed by atoms with Crippen molar-refractivity contribution < 1.29 is 14.3 Å². The fraction of sp³-hybridized carbons (Fsp3) is 0.207. The number of anilines is 1. The van der Waals surface area contributed by atoms with Gasteiger partial charge in [0.25, 0.3) is 0 Å². The normalized spacial score (nSPS) is 15.4. The highest BCUT2D eigenvalue weighted by Crippen LogP contribution is 2.45. The molecule has 166 valence electrons. The highest BCUT2D eigenvalue weighted by molar-refractivity contribution is 6.03. The topological polar surface area (TPSA) is 38.8 Å². The third-order valence-corrected chi connectivity index (χ3v) is 6.41. The lowest BCUT2D eigenvalue weighted by atomic mass is 9.81. The highest BCUT2D eigenvalue weighted by atomic mass is 16.5. The maximum atomic E-state index is 13.1. The molecule has 1 aliphatic rings. The summed E-state index contributed by atoms with van der Waals surface area (Å²) < 4.78 is 11.7. The molecular weight excluding hydrogens is 410 g/mol. The van der Waals surface area contributed by atoms with Gasteiger partial charge in [0.05, 0.1) is 7.11 Å². The number of carbonyl (C=O) groups is 1. The third-order valence-electron chi connectivity index (χ3n) is 6.41. The van der Waals surface area contributed by atoms with E-state index in [0.717, 1.165) is 16.8 Å². The minimum atomic E-state index is -0.0431. The van der Waals surface area contributed by atoms with E-state index in [1.807, 2.05) is 54.3 Å². The van der Waals surface area contributed by atoms with E-state index >= 15 is 0 Å². The number of fused-ring (bicyclic) bond motifs is 3. The number of nitrogens with zero attached hydrogens (tertiary/aromatic N) is 1. The summed E-state index contributed by atoms with van der Waals surface area (Å²) in [6.45, 7) is 3.16. The summed E-state index contributed by atoms with van der Waals surface area (Å²) in [4.78, 5) is 15.0. The SMILES string of the molecule is CCN1C(=O)CC(c2ccc(OCc3ccccc3)c(OC)c2)c2c1ccc1ccccc21. The van der Waals surface area contributed by atoms with E-state index in [-0.39, 0.29) is 11.8 Å². The van der Waals surface area contributed by atoms with Crippen LogP contribution in [0.25, 0.3) is 10.8 Å². The van der Waals surface area contributed by atoms with E-state index < -0.39 is 0 Å². The molecule has 0 saturated carbocycles. The van der Waals surface area contributed by atoms with Gasteiger partial charge in [0.15, 0.2) is 11.5 Å². The number of hydrogen-bond acceptors (Lipinski definition) is 3. The summed E-state index contributed by atoms with van der Waals surface area (Å²) in [5, 5.41) is 2.37. The first-order valence-corrected chi connectivity index (χ1v) is 11.4. The second-order valence-electron chi connectivity index (χ2n) is 8.30. The standard InChI is InChI=1S/C29H27NO3/c1-3-30-25-15-13-21-11-7-8-12-23(21)29(25)24(18-28(30)31)22-14-16-26(27(17-22)32-2)33-19-20-9-5-4-6-10-20/h4-17,24H,3,18-19H2,1-2H3. The molecular formula is C29H27NO3. The fourth-order valence-corrected chi connectivity index (χ4v) is 4.79. The average molecular weight is 438 g/mol. The molecule has 1 unspecified atom stereocenters. The first-order valence-electron chi connectivity index (χ1n) is 11.4. The lowest BCUT2D eigenvalue weighted by molar-refractivity contribution is -0.119. The van der Waals surface area contributed by atoms with Crippen LogP contribution in [0.3, 0.4) is 0 Å². The summed E-state index contributed by atoms with van der Waals surface area (Å²) in [5.74, 6) is 1.48. The largest absolute Gasteiger partial charge is 0.493 e. The second-order valence-corrected chi connectivity index (χ2v) is 8.30. The molecule has 0 radical (unpaired) electrons. The zero-order valence-electron chi connectivity index (χ0n) is 19.0. The maximum absolute atomic E-state index is 13.1. The first kappa shape index (κ1) is 21.1. The number of ether oxygens (including phenoxy) is 2. The Balaban J connectivity index is 1.55. The Hall–Kier alpha value is -3.79. The van der Waals surface area contributed by atoms with Crippen LogP contribution in [-0.4, -0.2) is 19.6 Å². The van der Waals surface area contributed by atoms with Crippen molar-refractivity contribution in [1.29, 1.82) is 0 Å². The lowest BCUT2D eigenvalue weighted by Gasteiger charge is -2.35. The maximum Gasteiger partial charge on any atom is 0.227 e. The van der Waals surface area contributed by atoms with Gasteiger partial charge in [-0.15, -0.1) is 0 Å². The van der Waals surface area contributed by atoms with Crippen molar-refractivity contribution in [3.63, 3.8) is 0 Å². The molecule has 4 aromatic carbocycles. The smallest absolute Gasteiger partial charge is 0.227 e. The molecule has 0 spiro atoms. The van der Waals surface area contributed by atoms with Gasteiger partial charge < -0.3 is 14.4 Å². The summed E-state index contributed by atoms with van der Waals surface area (Å²) in [6, 6.07) is 28.7. The van der Waals surface area contributed by atoms with Crippen molar-refractivity contribution in [1.82, 2.24) is 0 Å². The van der Waals surface area contributed by atoms with Crippen LogP contribution in [0.15, 0.2) is 84.9 Å². The summed E-state index contributed by atoms with van der Waals surface area (Å²) in [6.07, 6.45) is 0.433. The lowest BCUT2D eigenvalue weighted by Crippen LogP contribution is -2.36. The Morgan fingerprint density at radius 3 is 2.48 bits per heavy atom. The number of amides is 1. The minimum Gasteiger partial charge on any atom is -0.493 e. The van der Waals surface area contributed by atoms with E-state index in [4.69, 9.17) is 9.47 Å². The summed E-state index contributed by atoms with van der Waals surface area (Å²) in [5.41, 5.74) is 4.36. The second kappa shape index (κ2) is 8.99. The molecule has 5 rings (SSSR count). The van der Waals surface area contributed by atoms with Gasteiger partial charge in [-0.25, -0.2) is 0 Å². The molecule has 1 aliphatic heterocycles. The molecule has 0 N–H and O–H groups in total. The van der Waals surface area contributed by atoms with Crippen molar-refractivity contribution in [2.24, 2.45) is 0 Å². The van der Waals surface area contributed by atoms with E-state index in [1.54, 1.807) is 7.11 Å². The van der Waals surface area contributed by atoms with Gasteiger partial charge in [0, 0.05) is 24.6 Å². The van der Waals surface area contributed by atoms with Crippen molar-refractivity contribution in [2.45, 2.75) is 25.9 Å². The zero-order chi connectivity index (χ0) is 22.8. The molecule has 1 atom stereocenters. The predicted molar refractivity (Wildman–Crippen MR) is 132 cm³/mol. The molecule has 0 aliphatic carbocycles. The highest BCUT2D eigenvalue weighted by Gasteiger charge is 2.33. The predicted octanol–water partition coefficient (Wildman–Crippen LogP) is 6.32. The quantitative estimate of drug-likeness (QED) is 0.354. The van der Waals surface area contributed by atoms with E-state index in [1.165, 1.54) is 16.3 Å². The molecule has 33 heavy (non-hydrogen) atoms. The van der Waals surface area contributed by atoms with Gasteiger partial charge in [-0.05, 0) is 52.6 Å². The monoisotopic (exact) mass is 437 g/mol. The van der Waals surface area contributed by atoms with Gasteiger partial charge in [0.2, 0.25) is 5.91 Å². The van der Waals surface area contributed by atoms with Gasteiger partial charge in [-0.1, -0.05) is 66.7 Å². The molecule has 0 saturated heterocycles. The molecule has 4 aromatic rings. The fourth-order valence-electron chi connectivity index (χ4n) is 4.79. The number of rotatable bonds is 6. The number of hydrogen-bond donors (Lipinski definition) is 0. The van der Waals surface area contributed by atoms with Crippen LogP contribution in [0.2, 0.25) is 0 Å². The van der Waals surface area contributed by atoms with Gasteiger partial charge in [0.1, 0.15) is 6.61 Å². The Morgan fingerprint density at radius 1 is 0.909 bits per heavy atom. The molecule has 4 nitrogen and oxygen atoms in total. The summed E-state index contributed by atoms with van der Waals surface area (Å²) in [7, 11) is 1.66. The first-order chi connectivity index (χ1) is 16.2. The molecule has 0 aromatic heterocycles. The number of methoxy groups -OCH3 is 1.